The molecule has 0 atom stereocenters. The number of carbonyl (C=O) groups excluding carboxylic acids is 1. The van der Waals surface area contributed by atoms with Gasteiger partial charge >= 0.3 is 0 Å². The standard InChI is InChI=1S/C15H30N2O2/c1-3-4-9-17(15(2)18)10-7-5-6-8-16-11-13-19-14-12-16/h3-14H2,1-2H3. The fraction of sp³-hybridized carbons (Fsp3) is 0.933. The Morgan fingerprint density at radius 2 is 1.79 bits per heavy atom. The number of hydrogen-bond acceptors (Lipinski definition) is 3. The third-order valence-corrected chi connectivity index (χ3v) is 3.73. The van der Waals surface area contributed by atoms with Gasteiger partial charge in [-0.15, -0.1) is 0 Å². The molecule has 1 aliphatic rings. The van der Waals surface area contributed by atoms with Crippen molar-refractivity contribution in [1.82, 2.24) is 9.80 Å². The first-order valence-electron chi connectivity index (χ1n) is 7.79. The molecule has 1 aliphatic heterocycles. The van der Waals surface area contributed by atoms with Crippen molar-refractivity contribution in [2.24, 2.45) is 0 Å². The lowest BCUT2D eigenvalue weighted by atomic mass is 10.2. The average molecular weight is 270 g/mol. The molecule has 0 bridgehead atoms. The van der Waals surface area contributed by atoms with Crippen molar-refractivity contribution in [2.45, 2.75) is 46.0 Å². The van der Waals surface area contributed by atoms with Gasteiger partial charge in [-0.05, 0) is 25.8 Å². The Labute approximate surface area is 118 Å². The van der Waals surface area contributed by atoms with E-state index in [4.69, 9.17) is 4.74 Å². The molecule has 1 fully saturated rings. The number of ether oxygens (including phenoxy) is 1. The summed E-state index contributed by atoms with van der Waals surface area (Å²) in [7, 11) is 0. The Bertz CT molecular complexity index is 240. The van der Waals surface area contributed by atoms with Crippen LogP contribution in [0.15, 0.2) is 0 Å². The number of unbranched alkanes of at least 4 members (excludes halogenated alkanes) is 3. The van der Waals surface area contributed by atoms with Crippen LogP contribution in [0.3, 0.4) is 0 Å². The number of amides is 1. The van der Waals surface area contributed by atoms with Gasteiger partial charge in [0, 0.05) is 33.1 Å². The molecular formula is C15H30N2O2. The van der Waals surface area contributed by atoms with Gasteiger partial charge in [-0.25, -0.2) is 0 Å². The van der Waals surface area contributed by atoms with Crippen molar-refractivity contribution in [3.05, 3.63) is 0 Å². The number of carbonyl (C=O) groups is 1. The summed E-state index contributed by atoms with van der Waals surface area (Å²) in [6, 6.07) is 0. The monoisotopic (exact) mass is 270 g/mol. The van der Waals surface area contributed by atoms with Crippen LogP contribution in [-0.2, 0) is 9.53 Å². The fourth-order valence-electron chi connectivity index (χ4n) is 2.42. The molecule has 4 nitrogen and oxygen atoms in total. The van der Waals surface area contributed by atoms with E-state index in [1.165, 1.54) is 19.4 Å². The minimum absolute atomic E-state index is 0.224. The smallest absolute Gasteiger partial charge is 0.219 e. The molecule has 1 saturated heterocycles. The van der Waals surface area contributed by atoms with E-state index in [1.807, 2.05) is 4.90 Å². The quantitative estimate of drug-likeness (QED) is 0.602. The summed E-state index contributed by atoms with van der Waals surface area (Å²) < 4.78 is 5.34. The SMILES string of the molecule is CCCCN(CCCCCN1CCOCC1)C(C)=O. The van der Waals surface area contributed by atoms with Crippen LogP contribution in [0.4, 0.5) is 0 Å². The Morgan fingerprint density at radius 1 is 1.11 bits per heavy atom. The molecule has 0 radical (unpaired) electrons. The van der Waals surface area contributed by atoms with Gasteiger partial charge in [0.2, 0.25) is 5.91 Å². The molecule has 0 aromatic carbocycles. The molecule has 1 rings (SSSR count). The van der Waals surface area contributed by atoms with Crippen LogP contribution in [0.2, 0.25) is 0 Å². The maximum atomic E-state index is 11.5. The maximum Gasteiger partial charge on any atom is 0.219 e. The topological polar surface area (TPSA) is 32.8 Å². The molecule has 0 unspecified atom stereocenters. The third kappa shape index (κ3) is 7.53. The van der Waals surface area contributed by atoms with Gasteiger partial charge in [-0.3, -0.25) is 9.69 Å². The van der Waals surface area contributed by atoms with Gasteiger partial charge in [-0.2, -0.15) is 0 Å². The van der Waals surface area contributed by atoms with E-state index in [0.717, 1.165) is 58.7 Å². The molecular weight excluding hydrogens is 240 g/mol. The molecule has 0 aromatic rings. The molecule has 0 spiro atoms. The second kappa shape index (κ2) is 10.2. The van der Waals surface area contributed by atoms with Crippen molar-refractivity contribution in [3.63, 3.8) is 0 Å². The Morgan fingerprint density at radius 3 is 2.42 bits per heavy atom. The van der Waals surface area contributed by atoms with Crippen LogP contribution >= 0.6 is 0 Å². The van der Waals surface area contributed by atoms with Gasteiger partial charge in [0.25, 0.3) is 0 Å². The van der Waals surface area contributed by atoms with E-state index in [0.29, 0.717) is 0 Å². The van der Waals surface area contributed by atoms with Crippen molar-refractivity contribution in [3.8, 4) is 0 Å². The minimum atomic E-state index is 0.224. The molecule has 4 heteroatoms. The summed E-state index contributed by atoms with van der Waals surface area (Å²) in [5.41, 5.74) is 0. The van der Waals surface area contributed by atoms with Crippen molar-refractivity contribution >= 4 is 5.91 Å². The summed E-state index contributed by atoms with van der Waals surface area (Å²) in [5.74, 6) is 0.224. The van der Waals surface area contributed by atoms with Crippen LogP contribution in [0.1, 0.15) is 46.0 Å². The zero-order valence-electron chi connectivity index (χ0n) is 12.7. The lowest BCUT2D eigenvalue weighted by Gasteiger charge is -2.26. The summed E-state index contributed by atoms with van der Waals surface area (Å²) in [6.45, 7) is 10.8. The molecule has 1 heterocycles. The van der Waals surface area contributed by atoms with Gasteiger partial charge < -0.3 is 9.64 Å². The molecule has 112 valence electrons. The molecule has 1 amide bonds. The highest BCUT2D eigenvalue weighted by molar-refractivity contribution is 5.73. The van der Waals surface area contributed by atoms with Crippen LogP contribution in [-0.4, -0.2) is 61.6 Å². The Hall–Kier alpha value is -0.610. The molecule has 0 aliphatic carbocycles. The normalized spacial score (nSPS) is 16.5. The lowest BCUT2D eigenvalue weighted by molar-refractivity contribution is -0.129. The van der Waals surface area contributed by atoms with Gasteiger partial charge in [0.05, 0.1) is 13.2 Å². The highest BCUT2D eigenvalue weighted by Gasteiger charge is 2.10. The fourth-order valence-corrected chi connectivity index (χ4v) is 2.42. The van der Waals surface area contributed by atoms with E-state index < -0.39 is 0 Å². The van der Waals surface area contributed by atoms with Gasteiger partial charge in [0.15, 0.2) is 0 Å². The number of hydrogen-bond donors (Lipinski definition) is 0. The van der Waals surface area contributed by atoms with Crippen molar-refractivity contribution in [2.75, 3.05) is 45.9 Å². The summed E-state index contributed by atoms with van der Waals surface area (Å²) in [4.78, 5) is 15.9. The highest BCUT2D eigenvalue weighted by Crippen LogP contribution is 2.04. The number of morpholine rings is 1. The van der Waals surface area contributed by atoms with Crippen LogP contribution in [0.5, 0.6) is 0 Å². The van der Waals surface area contributed by atoms with Crippen molar-refractivity contribution in [1.29, 1.82) is 0 Å². The zero-order chi connectivity index (χ0) is 13.9. The molecule has 19 heavy (non-hydrogen) atoms. The summed E-state index contributed by atoms with van der Waals surface area (Å²) in [5, 5.41) is 0. The first kappa shape index (κ1) is 16.4. The second-order valence-corrected chi connectivity index (χ2v) is 5.37. The van der Waals surface area contributed by atoms with E-state index in [2.05, 4.69) is 11.8 Å². The first-order chi connectivity index (χ1) is 9.24. The molecule has 0 aromatic heterocycles. The molecule has 0 N–H and O–H groups in total. The number of rotatable bonds is 9. The van der Waals surface area contributed by atoms with Gasteiger partial charge in [-0.1, -0.05) is 19.8 Å². The largest absolute Gasteiger partial charge is 0.379 e. The lowest BCUT2D eigenvalue weighted by Crippen LogP contribution is -2.36. The second-order valence-electron chi connectivity index (χ2n) is 5.37. The Balaban J connectivity index is 2.02. The Kier molecular flexibility index (Phi) is 8.84. The van der Waals surface area contributed by atoms with Crippen molar-refractivity contribution < 1.29 is 9.53 Å². The predicted molar refractivity (Wildman–Crippen MR) is 78.3 cm³/mol. The summed E-state index contributed by atoms with van der Waals surface area (Å²) >= 11 is 0. The van der Waals surface area contributed by atoms with Gasteiger partial charge in [0.1, 0.15) is 0 Å². The zero-order valence-corrected chi connectivity index (χ0v) is 12.7. The van der Waals surface area contributed by atoms with Crippen LogP contribution in [0, 0.1) is 0 Å². The van der Waals surface area contributed by atoms with E-state index in [9.17, 15) is 4.79 Å². The van der Waals surface area contributed by atoms with Crippen LogP contribution in [0.25, 0.3) is 0 Å². The third-order valence-electron chi connectivity index (χ3n) is 3.73. The van der Waals surface area contributed by atoms with E-state index in [-0.39, 0.29) is 5.91 Å². The van der Waals surface area contributed by atoms with Crippen LogP contribution < -0.4 is 0 Å². The molecule has 0 saturated carbocycles. The summed E-state index contributed by atoms with van der Waals surface area (Å²) in [6.07, 6.45) is 5.86. The first-order valence-corrected chi connectivity index (χ1v) is 7.79. The predicted octanol–water partition coefficient (Wildman–Crippen LogP) is 2.14. The van der Waals surface area contributed by atoms with E-state index >= 15 is 0 Å². The maximum absolute atomic E-state index is 11.5. The average Bonchev–Trinajstić information content (AvgIpc) is 2.42. The van der Waals surface area contributed by atoms with E-state index in [1.54, 1.807) is 6.92 Å². The number of nitrogens with zero attached hydrogens (tertiary/aromatic N) is 2. The minimum Gasteiger partial charge on any atom is -0.379 e. The highest BCUT2D eigenvalue weighted by atomic mass is 16.5.